The van der Waals surface area contributed by atoms with Gasteiger partial charge in [-0.1, -0.05) is 12.1 Å². The molecule has 0 saturated heterocycles. The van der Waals surface area contributed by atoms with Gasteiger partial charge in [0.05, 0.1) is 12.3 Å². The fourth-order valence-electron chi connectivity index (χ4n) is 2.31. The number of fused-ring (bicyclic) bond motifs is 1. The minimum Gasteiger partial charge on any atom is -0.492 e. The Balaban J connectivity index is 2.28. The molecule has 0 atom stereocenters. The van der Waals surface area contributed by atoms with Gasteiger partial charge in [0.25, 0.3) is 5.56 Å². The van der Waals surface area contributed by atoms with Crippen molar-refractivity contribution in [3.63, 3.8) is 0 Å². The molecular weight excluding hydrogens is 228 g/mol. The summed E-state index contributed by atoms with van der Waals surface area (Å²) in [5.74, 6) is 1.49. The van der Waals surface area contributed by atoms with Crippen molar-refractivity contribution in [1.29, 1.82) is 0 Å². The van der Waals surface area contributed by atoms with Gasteiger partial charge in [-0.2, -0.15) is 0 Å². The summed E-state index contributed by atoms with van der Waals surface area (Å²) in [4.78, 5) is 19.0. The normalized spacial score (nSPS) is 13.2. The molecule has 0 fully saturated rings. The zero-order valence-corrected chi connectivity index (χ0v) is 10.4. The number of H-pyrrole nitrogens is 1. The Morgan fingerprint density at radius 2 is 2.17 bits per heavy atom. The van der Waals surface area contributed by atoms with E-state index in [0.717, 1.165) is 23.4 Å². The van der Waals surface area contributed by atoms with Crippen LogP contribution in [0, 0.1) is 13.8 Å². The second-order valence-corrected chi connectivity index (χ2v) is 4.52. The second-order valence-electron chi connectivity index (χ2n) is 4.52. The second kappa shape index (κ2) is 3.98. The molecule has 0 aliphatic carbocycles. The van der Waals surface area contributed by atoms with Crippen molar-refractivity contribution in [3.05, 3.63) is 45.5 Å². The smallest absolute Gasteiger partial charge is 0.254 e. The molecule has 1 aromatic heterocycles. The quantitative estimate of drug-likeness (QED) is 0.832. The van der Waals surface area contributed by atoms with Gasteiger partial charge in [-0.15, -0.1) is 0 Å². The van der Waals surface area contributed by atoms with E-state index in [2.05, 4.69) is 16.0 Å². The lowest BCUT2D eigenvalue weighted by molar-refractivity contribution is 0.358. The van der Waals surface area contributed by atoms with Crippen molar-refractivity contribution in [2.45, 2.75) is 20.3 Å². The fraction of sp³-hybridized carbons (Fsp3) is 0.286. The predicted molar refractivity (Wildman–Crippen MR) is 69.0 cm³/mol. The van der Waals surface area contributed by atoms with Crippen LogP contribution < -0.4 is 10.3 Å². The average molecular weight is 242 g/mol. The summed E-state index contributed by atoms with van der Waals surface area (Å²) in [5.41, 5.74) is 3.36. The van der Waals surface area contributed by atoms with Crippen LogP contribution in [0.15, 0.2) is 23.0 Å². The van der Waals surface area contributed by atoms with Crippen molar-refractivity contribution >= 4 is 0 Å². The number of aromatic amines is 1. The highest BCUT2D eigenvalue weighted by atomic mass is 16.5. The van der Waals surface area contributed by atoms with Crippen LogP contribution in [0.5, 0.6) is 5.75 Å². The van der Waals surface area contributed by atoms with Crippen LogP contribution in [0.1, 0.15) is 17.0 Å². The Bertz CT molecular complexity index is 674. The maximum absolute atomic E-state index is 11.8. The number of ether oxygens (including phenoxy) is 1. The summed E-state index contributed by atoms with van der Waals surface area (Å²) in [5, 5.41) is 0. The van der Waals surface area contributed by atoms with Crippen LogP contribution in [0.3, 0.4) is 0 Å². The molecule has 0 spiro atoms. The Hall–Kier alpha value is -2.10. The number of hydrogen-bond donors (Lipinski definition) is 1. The highest BCUT2D eigenvalue weighted by molar-refractivity contribution is 5.72. The van der Waals surface area contributed by atoms with Gasteiger partial charge in [0.15, 0.2) is 0 Å². The van der Waals surface area contributed by atoms with Gasteiger partial charge >= 0.3 is 0 Å². The molecule has 2 aromatic rings. The van der Waals surface area contributed by atoms with E-state index in [-0.39, 0.29) is 5.56 Å². The Morgan fingerprint density at radius 3 is 3.00 bits per heavy atom. The topological polar surface area (TPSA) is 55.0 Å². The van der Waals surface area contributed by atoms with Gasteiger partial charge in [0.2, 0.25) is 0 Å². The summed E-state index contributed by atoms with van der Waals surface area (Å²) < 4.78 is 5.67. The lowest BCUT2D eigenvalue weighted by Crippen LogP contribution is -2.14. The van der Waals surface area contributed by atoms with E-state index in [1.54, 1.807) is 13.8 Å². The van der Waals surface area contributed by atoms with E-state index in [1.165, 1.54) is 5.56 Å². The maximum Gasteiger partial charge on any atom is 0.254 e. The van der Waals surface area contributed by atoms with Crippen molar-refractivity contribution < 1.29 is 4.74 Å². The molecule has 4 nitrogen and oxygen atoms in total. The molecule has 92 valence electrons. The standard InChI is InChI=1S/C14H14N2O2/c1-8-12(15-9(2)16-14(8)17)11-5-3-4-10-6-7-18-13(10)11/h3-5H,6-7H2,1-2H3,(H,15,16,17). The molecular formula is C14H14N2O2. The minimum atomic E-state index is -0.0897. The van der Waals surface area contributed by atoms with Crippen molar-refractivity contribution in [3.8, 4) is 17.0 Å². The third-order valence-corrected chi connectivity index (χ3v) is 3.24. The number of benzene rings is 1. The number of para-hydroxylation sites is 1. The number of hydrogen-bond acceptors (Lipinski definition) is 3. The number of aryl methyl sites for hydroxylation is 1. The average Bonchev–Trinajstić information content (AvgIpc) is 2.81. The van der Waals surface area contributed by atoms with Crippen LogP contribution in [0.4, 0.5) is 0 Å². The van der Waals surface area contributed by atoms with Gasteiger partial charge in [0, 0.05) is 17.5 Å². The van der Waals surface area contributed by atoms with Crippen LogP contribution >= 0.6 is 0 Å². The number of aromatic nitrogens is 2. The molecule has 1 N–H and O–H groups in total. The first-order valence-corrected chi connectivity index (χ1v) is 5.99. The largest absolute Gasteiger partial charge is 0.492 e. The van der Waals surface area contributed by atoms with Gasteiger partial charge in [-0.25, -0.2) is 4.98 Å². The minimum absolute atomic E-state index is 0.0897. The van der Waals surface area contributed by atoms with Crippen LogP contribution in [0.2, 0.25) is 0 Å². The van der Waals surface area contributed by atoms with Crippen LogP contribution in [-0.4, -0.2) is 16.6 Å². The van der Waals surface area contributed by atoms with E-state index in [0.29, 0.717) is 18.0 Å². The summed E-state index contributed by atoms with van der Waals surface area (Å²) in [6, 6.07) is 6.00. The van der Waals surface area contributed by atoms with Gasteiger partial charge in [-0.3, -0.25) is 4.79 Å². The van der Waals surface area contributed by atoms with E-state index >= 15 is 0 Å². The van der Waals surface area contributed by atoms with E-state index in [1.807, 2.05) is 12.1 Å². The molecule has 0 saturated carbocycles. The number of rotatable bonds is 1. The van der Waals surface area contributed by atoms with E-state index in [9.17, 15) is 4.79 Å². The Morgan fingerprint density at radius 1 is 1.33 bits per heavy atom. The first kappa shape index (κ1) is 11.0. The van der Waals surface area contributed by atoms with E-state index < -0.39 is 0 Å². The monoisotopic (exact) mass is 242 g/mol. The summed E-state index contributed by atoms with van der Waals surface area (Å²) in [7, 11) is 0. The Kier molecular flexibility index (Phi) is 2.44. The summed E-state index contributed by atoms with van der Waals surface area (Å²) in [6.07, 6.45) is 0.921. The lowest BCUT2D eigenvalue weighted by atomic mass is 10.0. The molecule has 0 unspecified atom stereocenters. The highest BCUT2D eigenvalue weighted by Crippen LogP contribution is 2.36. The maximum atomic E-state index is 11.8. The lowest BCUT2D eigenvalue weighted by Gasteiger charge is -2.10. The third-order valence-electron chi connectivity index (χ3n) is 3.24. The summed E-state index contributed by atoms with van der Waals surface area (Å²) >= 11 is 0. The van der Waals surface area contributed by atoms with Gasteiger partial charge < -0.3 is 9.72 Å². The molecule has 1 aliphatic rings. The first-order valence-electron chi connectivity index (χ1n) is 5.99. The molecule has 18 heavy (non-hydrogen) atoms. The fourth-order valence-corrected chi connectivity index (χ4v) is 2.31. The molecule has 4 heteroatoms. The molecule has 2 heterocycles. The van der Waals surface area contributed by atoms with Crippen molar-refractivity contribution in [2.24, 2.45) is 0 Å². The molecule has 0 bridgehead atoms. The molecule has 1 aromatic carbocycles. The molecule has 1 aliphatic heterocycles. The van der Waals surface area contributed by atoms with Gasteiger partial charge in [-0.05, 0) is 25.5 Å². The SMILES string of the molecule is Cc1nc(-c2cccc3c2OCC3)c(C)c(=O)[nH]1. The van der Waals surface area contributed by atoms with E-state index in [4.69, 9.17) is 4.74 Å². The number of nitrogens with zero attached hydrogens (tertiary/aromatic N) is 1. The zero-order chi connectivity index (χ0) is 12.7. The predicted octanol–water partition coefficient (Wildman–Crippen LogP) is 1.99. The van der Waals surface area contributed by atoms with Crippen LogP contribution in [-0.2, 0) is 6.42 Å². The first-order chi connectivity index (χ1) is 8.66. The van der Waals surface area contributed by atoms with Crippen molar-refractivity contribution in [1.82, 2.24) is 9.97 Å². The van der Waals surface area contributed by atoms with Gasteiger partial charge in [0.1, 0.15) is 11.6 Å². The van der Waals surface area contributed by atoms with Crippen molar-refractivity contribution in [2.75, 3.05) is 6.61 Å². The molecule has 0 radical (unpaired) electrons. The zero-order valence-electron chi connectivity index (χ0n) is 10.4. The number of nitrogens with one attached hydrogen (secondary N) is 1. The highest BCUT2D eigenvalue weighted by Gasteiger charge is 2.19. The molecule has 3 rings (SSSR count). The summed E-state index contributed by atoms with van der Waals surface area (Å²) in [6.45, 7) is 4.27. The molecule has 0 amide bonds. The van der Waals surface area contributed by atoms with Crippen LogP contribution in [0.25, 0.3) is 11.3 Å². The Labute approximate surface area is 105 Å². The third kappa shape index (κ3) is 1.61.